The molecule has 1 aromatic rings. The van der Waals surface area contributed by atoms with Gasteiger partial charge in [0.25, 0.3) is 0 Å². The molecule has 0 unspecified atom stereocenters. The number of aromatic nitrogens is 1. The average molecular weight is 334 g/mol. The Morgan fingerprint density at radius 1 is 1.53 bits per heavy atom. The number of nitrogens with zero attached hydrogens (tertiary/aromatic N) is 1. The maximum atomic E-state index is 11.9. The van der Waals surface area contributed by atoms with Crippen molar-refractivity contribution in [2.45, 2.75) is 12.9 Å². The molecule has 1 heterocycles. The summed E-state index contributed by atoms with van der Waals surface area (Å²) in [5.41, 5.74) is 5.08. The van der Waals surface area contributed by atoms with Gasteiger partial charge in [0.1, 0.15) is 3.70 Å². The summed E-state index contributed by atoms with van der Waals surface area (Å²) in [4.78, 5) is 3.53. The third-order valence-electron chi connectivity index (χ3n) is 1.50. The van der Waals surface area contributed by atoms with Crippen molar-refractivity contribution in [3.63, 3.8) is 0 Å². The fraction of sp³-hybridized carbons (Fsp3) is 0.286. The number of hydrogen-bond acceptors (Lipinski definition) is 4. The van der Waals surface area contributed by atoms with E-state index in [4.69, 9.17) is 5.73 Å². The van der Waals surface area contributed by atoms with Crippen molar-refractivity contribution in [2.24, 2.45) is 5.73 Å². The fourth-order valence-corrected chi connectivity index (χ4v) is 1.37. The predicted molar refractivity (Wildman–Crippen MR) is 53.2 cm³/mol. The second-order valence-corrected chi connectivity index (χ2v) is 3.51. The molecule has 0 aliphatic rings. The molecule has 3 N–H and O–H groups in total. The summed E-state index contributed by atoms with van der Waals surface area (Å²) in [6.45, 7) is -0.268. The van der Waals surface area contributed by atoms with Crippen LogP contribution in [0.1, 0.15) is 5.56 Å². The Morgan fingerprint density at radius 3 is 2.60 bits per heavy atom. The Morgan fingerprint density at radius 2 is 2.13 bits per heavy atom. The zero-order valence-corrected chi connectivity index (χ0v) is 9.33. The number of rotatable bonds is 2. The number of alkyl halides is 3. The molecule has 84 valence electrons. The molecule has 1 aromatic heterocycles. The third-order valence-corrected chi connectivity index (χ3v) is 2.29. The number of nitrogens with two attached hydrogens (primary N) is 1. The lowest BCUT2D eigenvalue weighted by atomic mass is 10.2. The van der Waals surface area contributed by atoms with Crippen molar-refractivity contribution in [2.75, 3.05) is 0 Å². The standard InChI is InChI=1S/C7H6F3IN2O2/c8-7(9,10)15-4-2-13-6(11)5(14)3(4)1-12/h2,14H,1,12H2. The summed E-state index contributed by atoms with van der Waals surface area (Å²) in [5, 5.41) is 9.38. The quantitative estimate of drug-likeness (QED) is 0.639. The van der Waals surface area contributed by atoms with Crippen molar-refractivity contribution >= 4 is 22.6 Å². The molecule has 15 heavy (non-hydrogen) atoms. The number of ether oxygens (including phenoxy) is 1. The van der Waals surface area contributed by atoms with Gasteiger partial charge in [-0.25, -0.2) is 4.98 Å². The topological polar surface area (TPSA) is 68.4 Å². The lowest BCUT2D eigenvalue weighted by Gasteiger charge is -2.13. The van der Waals surface area contributed by atoms with Gasteiger partial charge in [0.15, 0.2) is 11.5 Å². The number of aromatic hydroxyl groups is 1. The highest BCUT2D eigenvalue weighted by molar-refractivity contribution is 14.1. The minimum Gasteiger partial charge on any atom is -0.505 e. The number of hydrogen-bond donors (Lipinski definition) is 2. The minimum absolute atomic E-state index is 0.119. The highest BCUT2D eigenvalue weighted by atomic mass is 127. The molecule has 0 atom stereocenters. The van der Waals surface area contributed by atoms with Crippen molar-refractivity contribution in [3.05, 3.63) is 15.5 Å². The monoisotopic (exact) mass is 334 g/mol. The van der Waals surface area contributed by atoms with E-state index in [1.54, 1.807) is 22.6 Å². The van der Waals surface area contributed by atoms with Crippen LogP contribution in [0.4, 0.5) is 13.2 Å². The lowest BCUT2D eigenvalue weighted by molar-refractivity contribution is -0.275. The Hall–Kier alpha value is -0.770. The average Bonchev–Trinajstić information content (AvgIpc) is 2.10. The second kappa shape index (κ2) is 4.39. The van der Waals surface area contributed by atoms with E-state index < -0.39 is 12.1 Å². The summed E-state index contributed by atoms with van der Waals surface area (Å²) in [5.74, 6) is -0.970. The first-order valence-corrected chi connectivity index (χ1v) is 4.75. The van der Waals surface area contributed by atoms with Crippen molar-refractivity contribution < 1.29 is 23.0 Å². The molecule has 0 fully saturated rings. The third kappa shape index (κ3) is 3.09. The van der Waals surface area contributed by atoms with E-state index in [1.807, 2.05) is 0 Å². The van der Waals surface area contributed by atoms with Gasteiger partial charge in [-0.3, -0.25) is 0 Å². The maximum Gasteiger partial charge on any atom is 0.573 e. The first kappa shape index (κ1) is 12.3. The van der Waals surface area contributed by atoms with E-state index >= 15 is 0 Å². The van der Waals surface area contributed by atoms with Crippen LogP contribution in [-0.2, 0) is 6.54 Å². The summed E-state index contributed by atoms with van der Waals surface area (Å²) in [6.07, 6.45) is -3.96. The van der Waals surface area contributed by atoms with Gasteiger partial charge < -0.3 is 15.6 Å². The van der Waals surface area contributed by atoms with Crippen LogP contribution >= 0.6 is 22.6 Å². The van der Waals surface area contributed by atoms with Gasteiger partial charge >= 0.3 is 6.36 Å². The molecule has 1 rings (SSSR count). The molecule has 0 amide bonds. The van der Waals surface area contributed by atoms with E-state index in [9.17, 15) is 18.3 Å². The molecular weight excluding hydrogens is 328 g/mol. The van der Waals surface area contributed by atoms with Crippen LogP contribution in [-0.4, -0.2) is 16.5 Å². The first-order valence-electron chi connectivity index (χ1n) is 3.67. The predicted octanol–water partition coefficient (Wildman–Crippen LogP) is 1.75. The molecule has 0 saturated carbocycles. The van der Waals surface area contributed by atoms with E-state index in [0.29, 0.717) is 0 Å². The van der Waals surface area contributed by atoms with Crippen LogP contribution in [0.5, 0.6) is 11.5 Å². The SMILES string of the molecule is NCc1c(OC(F)(F)F)cnc(I)c1O. The van der Waals surface area contributed by atoms with Crippen LogP contribution < -0.4 is 10.5 Å². The van der Waals surface area contributed by atoms with Gasteiger partial charge in [-0.05, 0) is 22.6 Å². The molecule has 0 aliphatic heterocycles. The maximum absolute atomic E-state index is 11.9. The Balaban J connectivity index is 3.14. The van der Waals surface area contributed by atoms with E-state index in [-0.39, 0.29) is 21.6 Å². The molecule has 0 saturated heterocycles. The Bertz CT molecular complexity index is 370. The second-order valence-electron chi connectivity index (χ2n) is 2.49. The van der Waals surface area contributed by atoms with Crippen LogP contribution in [0.3, 0.4) is 0 Å². The molecule has 0 spiro atoms. The normalized spacial score (nSPS) is 11.5. The van der Waals surface area contributed by atoms with Gasteiger partial charge in [-0.2, -0.15) is 0 Å². The molecule has 0 radical (unpaired) electrons. The summed E-state index contributed by atoms with van der Waals surface area (Å²) >= 11 is 1.67. The van der Waals surface area contributed by atoms with Gasteiger partial charge in [-0.1, -0.05) is 0 Å². The Kier molecular flexibility index (Phi) is 3.60. The molecule has 0 aromatic carbocycles. The lowest BCUT2D eigenvalue weighted by Crippen LogP contribution is -2.19. The summed E-state index contributed by atoms with van der Waals surface area (Å²) in [6, 6.07) is 0. The minimum atomic E-state index is -4.83. The van der Waals surface area contributed by atoms with Gasteiger partial charge in [0.05, 0.1) is 11.8 Å². The highest BCUT2D eigenvalue weighted by Crippen LogP contribution is 2.33. The van der Waals surface area contributed by atoms with E-state index in [2.05, 4.69) is 9.72 Å². The summed E-state index contributed by atoms with van der Waals surface area (Å²) in [7, 11) is 0. The van der Waals surface area contributed by atoms with Gasteiger partial charge in [0, 0.05) is 6.54 Å². The van der Waals surface area contributed by atoms with Crippen molar-refractivity contribution in [3.8, 4) is 11.5 Å². The highest BCUT2D eigenvalue weighted by Gasteiger charge is 2.33. The number of pyridine rings is 1. The van der Waals surface area contributed by atoms with Gasteiger partial charge in [0.2, 0.25) is 0 Å². The van der Waals surface area contributed by atoms with Crippen molar-refractivity contribution in [1.82, 2.24) is 4.98 Å². The van der Waals surface area contributed by atoms with Gasteiger partial charge in [-0.15, -0.1) is 13.2 Å². The largest absolute Gasteiger partial charge is 0.573 e. The first-order chi connectivity index (χ1) is 6.85. The van der Waals surface area contributed by atoms with Crippen LogP contribution in [0.25, 0.3) is 0 Å². The van der Waals surface area contributed by atoms with Crippen LogP contribution in [0, 0.1) is 3.70 Å². The molecule has 0 aliphatic carbocycles. The molecular formula is C7H6F3IN2O2. The van der Waals surface area contributed by atoms with Crippen molar-refractivity contribution in [1.29, 1.82) is 0 Å². The van der Waals surface area contributed by atoms with E-state index in [0.717, 1.165) is 6.20 Å². The molecule has 0 bridgehead atoms. The van der Waals surface area contributed by atoms with Crippen LogP contribution in [0.2, 0.25) is 0 Å². The number of halogens is 4. The zero-order valence-electron chi connectivity index (χ0n) is 7.18. The summed E-state index contributed by atoms with van der Waals surface area (Å²) < 4.78 is 39.6. The van der Waals surface area contributed by atoms with Crippen LogP contribution in [0.15, 0.2) is 6.20 Å². The fourth-order valence-electron chi connectivity index (χ4n) is 0.905. The van der Waals surface area contributed by atoms with E-state index in [1.165, 1.54) is 0 Å². The Labute approximate surface area is 96.4 Å². The zero-order chi connectivity index (χ0) is 11.6. The molecule has 4 nitrogen and oxygen atoms in total. The smallest absolute Gasteiger partial charge is 0.505 e. The molecule has 8 heteroatoms.